The highest BCUT2D eigenvalue weighted by atomic mass is 15.1. The summed E-state index contributed by atoms with van der Waals surface area (Å²) >= 11 is 0. The lowest BCUT2D eigenvalue weighted by Crippen LogP contribution is -2.10. The van der Waals surface area contributed by atoms with Crippen LogP contribution in [0.5, 0.6) is 0 Å². The number of hydrogen-bond donors (Lipinski definition) is 0. The van der Waals surface area contributed by atoms with Gasteiger partial charge in [-0.2, -0.15) is 0 Å². The Balaban J connectivity index is 1.19. The first-order valence-electron chi connectivity index (χ1n) is 16.1. The first-order chi connectivity index (χ1) is 23.2. The molecule has 224 valence electrons. The summed E-state index contributed by atoms with van der Waals surface area (Å²) in [5.41, 5.74) is 10.5. The molecular formula is C45H34N2. The van der Waals surface area contributed by atoms with E-state index < -0.39 is 0 Å². The monoisotopic (exact) mass is 602 g/mol. The fourth-order valence-corrected chi connectivity index (χ4v) is 6.59. The zero-order valence-electron chi connectivity index (χ0n) is 26.3. The maximum Gasteiger partial charge on any atom is 0.0468 e. The molecule has 0 N–H and O–H groups in total. The van der Waals surface area contributed by atoms with Crippen molar-refractivity contribution in [1.29, 1.82) is 0 Å². The summed E-state index contributed by atoms with van der Waals surface area (Å²) in [6.07, 6.45) is 0. The lowest BCUT2D eigenvalue weighted by Gasteiger charge is -2.26. The molecule has 0 bridgehead atoms. The van der Waals surface area contributed by atoms with Gasteiger partial charge in [-0.3, -0.25) is 0 Å². The van der Waals surface area contributed by atoms with Crippen LogP contribution in [0.3, 0.4) is 0 Å². The number of rotatable bonds is 7. The number of nitrogens with zero attached hydrogens (tertiary/aromatic N) is 2. The van der Waals surface area contributed by atoms with Gasteiger partial charge in [0, 0.05) is 35.5 Å². The molecule has 0 fully saturated rings. The van der Waals surface area contributed by atoms with Gasteiger partial charge in [0.2, 0.25) is 0 Å². The Morgan fingerprint density at radius 3 is 1.47 bits per heavy atom. The number of anilines is 5. The summed E-state index contributed by atoms with van der Waals surface area (Å²) in [7, 11) is 2.11. The number of benzene rings is 8. The van der Waals surface area contributed by atoms with Crippen molar-refractivity contribution in [2.45, 2.75) is 0 Å². The topological polar surface area (TPSA) is 6.48 Å². The van der Waals surface area contributed by atoms with Crippen LogP contribution in [0.15, 0.2) is 188 Å². The highest BCUT2D eigenvalue weighted by molar-refractivity contribution is 6.14. The van der Waals surface area contributed by atoms with Crippen LogP contribution in [0.25, 0.3) is 43.8 Å². The van der Waals surface area contributed by atoms with E-state index in [-0.39, 0.29) is 0 Å². The van der Waals surface area contributed by atoms with Crippen molar-refractivity contribution in [2.24, 2.45) is 0 Å². The Morgan fingerprint density at radius 2 is 0.809 bits per heavy atom. The fraction of sp³-hybridized carbons (Fsp3) is 0.0222. The van der Waals surface area contributed by atoms with E-state index in [2.05, 4.69) is 199 Å². The molecule has 0 saturated heterocycles. The molecule has 0 atom stereocenters. The van der Waals surface area contributed by atoms with Crippen molar-refractivity contribution < 1.29 is 0 Å². The van der Waals surface area contributed by atoms with E-state index in [1.54, 1.807) is 0 Å². The van der Waals surface area contributed by atoms with E-state index in [1.807, 2.05) is 6.07 Å². The summed E-state index contributed by atoms with van der Waals surface area (Å²) < 4.78 is 0. The lowest BCUT2D eigenvalue weighted by atomic mass is 9.92. The minimum Gasteiger partial charge on any atom is -0.345 e. The van der Waals surface area contributed by atoms with E-state index in [1.165, 1.54) is 49.5 Å². The maximum absolute atomic E-state index is 2.35. The first kappa shape index (κ1) is 28.4. The van der Waals surface area contributed by atoms with E-state index in [0.717, 1.165) is 22.7 Å². The molecule has 0 aliphatic heterocycles. The quantitative estimate of drug-likeness (QED) is 0.167. The molecule has 0 amide bonds. The molecule has 2 heteroatoms. The SMILES string of the molecule is CN(c1ccccc1)c1ccc(-c2ccc(N(c3ccccc3)c3ccc4c(c3)c(-c3ccccc3)cc3ccccc34)cc2)cc1. The Hall–Kier alpha value is -6.12. The van der Waals surface area contributed by atoms with Gasteiger partial charge in [0.25, 0.3) is 0 Å². The van der Waals surface area contributed by atoms with Crippen LogP contribution in [0.4, 0.5) is 28.4 Å². The molecular weight excluding hydrogens is 569 g/mol. The minimum absolute atomic E-state index is 1.11. The molecule has 47 heavy (non-hydrogen) atoms. The maximum atomic E-state index is 2.35. The molecule has 0 radical (unpaired) electrons. The molecule has 2 nitrogen and oxygen atoms in total. The van der Waals surface area contributed by atoms with Crippen LogP contribution in [-0.2, 0) is 0 Å². The second-order valence-electron chi connectivity index (χ2n) is 11.9. The van der Waals surface area contributed by atoms with Crippen LogP contribution < -0.4 is 9.80 Å². The molecule has 8 aromatic rings. The molecule has 0 aromatic heterocycles. The summed E-state index contributed by atoms with van der Waals surface area (Å²) in [6.45, 7) is 0. The van der Waals surface area contributed by atoms with Gasteiger partial charge in [-0.05, 0) is 111 Å². The average molecular weight is 603 g/mol. The summed E-state index contributed by atoms with van der Waals surface area (Å²) in [6, 6.07) is 67.5. The average Bonchev–Trinajstić information content (AvgIpc) is 3.16. The predicted octanol–water partition coefficient (Wildman–Crippen LogP) is 12.6. The van der Waals surface area contributed by atoms with Crippen molar-refractivity contribution in [2.75, 3.05) is 16.8 Å². The molecule has 0 spiro atoms. The molecule has 0 aliphatic rings. The van der Waals surface area contributed by atoms with Gasteiger partial charge >= 0.3 is 0 Å². The number of fused-ring (bicyclic) bond motifs is 3. The third-order valence-corrected chi connectivity index (χ3v) is 9.06. The predicted molar refractivity (Wildman–Crippen MR) is 202 cm³/mol. The third-order valence-electron chi connectivity index (χ3n) is 9.06. The highest BCUT2D eigenvalue weighted by Gasteiger charge is 2.16. The van der Waals surface area contributed by atoms with Gasteiger partial charge in [-0.25, -0.2) is 0 Å². The second-order valence-corrected chi connectivity index (χ2v) is 11.9. The highest BCUT2D eigenvalue weighted by Crippen LogP contribution is 2.41. The van der Waals surface area contributed by atoms with Crippen LogP contribution in [0.1, 0.15) is 0 Å². The van der Waals surface area contributed by atoms with Crippen LogP contribution >= 0.6 is 0 Å². The van der Waals surface area contributed by atoms with Gasteiger partial charge in [-0.15, -0.1) is 0 Å². The van der Waals surface area contributed by atoms with Gasteiger partial charge in [0.05, 0.1) is 0 Å². The summed E-state index contributed by atoms with van der Waals surface area (Å²) in [5.74, 6) is 0. The van der Waals surface area contributed by atoms with Crippen molar-refractivity contribution in [3.63, 3.8) is 0 Å². The van der Waals surface area contributed by atoms with Crippen molar-refractivity contribution >= 4 is 50.0 Å². The van der Waals surface area contributed by atoms with Crippen LogP contribution in [0.2, 0.25) is 0 Å². The normalized spacial score (nSPS) is 11.1. The molecule has 8 aromatic carbocycles. The second kappa shape index (κ2) is 12.3. The molecule has 0 saturated carbocycles. The smallest absolute Gasteiger partial charge is 0.0468 e. The van der Waals surface area contributed by atoms with Gasteiger partial charge in [-0.1, -0.05) is 121 Å². The van der Waals surface area contributed by atoms with E-state index in [0.29, 0.717) is 0 Å². The summed E-state index contributed by atoms with van der Waals surface area (Å²) in [5, 5.41) is 5.02. The standard InChI is InChI=1S/C45H34N2/c1-46(37-16-7-3-8-17-37)38-25-21-33(22-26-38)34-23-27-40(28-24-34)47(39-18-9-4-10-19-39)41-29-30-43-42-20-12-11-15-36(42)31-44(45(43)32-41)35-13-5-2-6-14-35/h2-32H,1H3. The fourth-order valence-electron chi connectivity index (χ4n) is 6.59. The first-order valence-corrected chi connectivity index (χ1v) is 16.1. The Labute approximate surface area is 276 Å². The van der Waals surface area contributed by atoms with Crippen molar-refractivity contribution in [3.8, 4) is 22.3 Å². The molecule has 0 aliphatic carbocycles. The van der Waals surface area contributed by atoms with Gasteiger partial charge in [0.15, 0.2) is 0 Å². The van der Waals surface area contributed by atoms with Crippen LogP contribution in [-0.4, -0.2) is 7.05 Å². The Kier molecular flexibility index (Phi) is 7.45. The third kappa shape index (κ3) is 5.51. The molecule has 8 rings (SSSR count). The van der Waals surface area contributed by atoms with Gasteiger partial charge < -0.3 is 9.80 Å². The van der Waals surface area contributed by atoms with Crippen molar-refractivity contribution in [3.05, 3.63) is 188 Å². The minimum atomic E-state index is 1.11. The lowest BCUT2D eigenvalue weighted by molar-refractivity contribution is 1.21. The Morgan fingerprint density at radius 1 is 0.319 bits per heavy atom. The zero-order valence-corrected chi connectivity index (χ0v) is 26.3. The molecule has 0 heterocycles. The van der Waals surface area contributed by atoms with E-state index in [9.17, 15) is 0 Å². The molecule has 0 unspecified atom stereocenters. The van der Waals surface area contributed by atoms with Crippen LogP contribution in [0, 0.1) is 0 Å². The zero-order chi connectivity index (χ0) is 31.6. The van der Waals surface area contributed by atoms with E-state index in [4.69, 9.17) is 0 Å². The largest absolute Gasteiger partial charge is 0.345 e. The van der Waals surface area contributed by atoms with E-state index >= 15 is 0 Å². The summed E-state index contributed by atoms with van der Waals surface area (Å²) in [4.78, 5) is 4.56. The van der Waals surface area contributed by atoms with Crippen molar-refractivity contribution in [1.82, 2.24) is 0 Å². The number of para-hydroxylation sites is 2. The Bertz CT molecular complexity index is 2280. The number of hydrogen-bond acceptors (Lipinski definition) is 2. The van der Waals surface area contributed by atoms with Gasteiger partial charge in [0.1, 0.15) is 0 Å².